The number of rotatable bonds is 4. The maximum atomic E-state index is 15.0. The van der Waals surface area contributed by atoms with Crippen molar-refractivity contribution in [1.29, 1.82) is 0 Å². The third-order valence-corrected chi connectivity index (χ3v) is 6.54. The van der Waals surface area contributed by atoms with Crippen molar-refractivity contribution >= 4 is 34.7 Å². The monoisotopic (exact) mass is 493 g/mol. The zero-order valence-corrected chi connectivity index (χ0v) is 19.5. The van der Waals surface area contributed by atoms with Crippen LogP contribution in [-0.2, 0) is 16.0 Å². The zero-order valence-electron chi connectivity index (χ0n) is 18.8. The van der Waals surface area contributed by atoms with Crippen molar-refractivity contribution in [2.75, 3.05) is 18.6 Å². The number of carbonyl (C=O) groups excluding carboxylic acids is 2. The van der Waals surface area contributed by atoms with Crippen molar-refractivity contribution < 1.29 is 28.6 Å². The first kappa shape index (κ1) is 22.9. The molecular formula is C27H21ClFNO5. The number of carbonyl (C=O) groups is 2. The van der Waals surface area contributed by atoms with Crippen LogP contribution in [0.4, 0.5) is 10.1 Å². The lowest BCUT2D eigenvalue weighted by atomic mass is 9.93. The van der Waals surface area contributed by atoms with Crippen molar-refractivity contribution in [3.63, 3.8) is 0 Å². The van der Waals surface area contributed by atoms with Crippen molar-refractivity contribution in [3.8, 4) is 11.5 Å². The van der Waals surface area contributed by atoms with Gasteiger partial charge in [0.2, 0.25) is 0 Å². The Bertz CT molecular complexity index is 1390. The first-order valence-corrected chi connectivity index (χ1v) is 11.4. The van der Waals surface area contributed by atoms with E-state index in [0.29, 0.717) is 23.7 Å². The highest BCUT2D eigenvalue weighted by Crippen LogP contribution is 2.44. The molecule has 0 aliphatic carbocycles. The molecule has 2 aliphatic heterocycles. The van der Waals surface area contributed by atoms with Crippen LogP contribution < -0.4 is 14.4 Å². The molecule has 2 heterocycles. The third kappa shape index (κ3) is 3.91. The summed E-state index contributed by atoms with van der Waals surface area (Å²) in [5, 5.41) is 11.5. The Morgan fingerprint density at radius 2 is 1.94 bits per heavy atom. The highest BCUT2D eigenvalue weighted by Gasteiger charge is 2.48. The molecule has 2 aliphatic rings. The zero-order chi connectivity index (χ0) is 24.7. The van der Waals surface area contributed by atoms with Crippen LogP contribution in [0, 0.1) is 5.82 Å². The minimum Gasteiger partial charge on any atom is -0.507 e. The number of ether oxygens (including phenoxy) is 2. The van der Waals surface area contributed by atoms with Gasteiger partial charge in [0.1, 0.15) is 23.1 Å². The van der Waals surface area contributed by atoms with Gasteiger partial charge in [0.05, 0.1) is 30.4 Å². The second-order valence-electron chi connectivity index (χ2n) is 8.28. The Morgan fingerprint density at radius 1 is 1.14 bits per heavy atom. The second-order valence-corrected chi connectivity index (χ2v) is 8.69. The van der Waals surface area contributed by atoms with Gasteiger partial charge in [-0.05, 0) is 60.9 Å². The lowest BCUT2D eigenvalue weighted by Crippen LogP contribution is -2.29. The maximum absolute atomic E-state index is 15.0. The van der Waals surface area contributed by atoms with Gasteiger partial charge in [0, 0.05) is 16.8 Å². The van der Waals surface area contributed by atoms with Crippen molar-refractivity contribution in [1.82, 2.24) is 0 Å². The molecule has 35 heavy (non-hydrogen) atoms. The van der Waals surface area contributed by atoms with Crippen LogP contribution in [0.5, 0.6) is 11.5 Å². The summed E-state index contributed by atoms with van der Waals surface area (Å²) < 4.78 is 25.8. The molecule has 0 bridgehead atoms. The molecule has 1 amide bonds. The molecule has 0 radical (unpaired) electrons. The number of amides is 1. The Balaban J connectivity index is 1.71. The van der Waals surface area contributed by atoms with E-state index in [1.165, 1.54) is 31.4 Å². The lowest BCUT2D eigenvalue weighted by Gasteiger charge is -2.26. The minimum atomic E-state index is -1.20. The normalized spacial score (nSPS) is 18.8. The number of Topliss-reactive ketones (excluding diaryl/α,β-unsaturated/α-hetero) is 1. The number of benzene rings is 3. The standard InChI is InChI=1S/C27H21ClFNO5/c1-34-22-11-9-17(14-19(22)28)30-24(18-6-2-3-7-20(18)29)23(26(32)27(30)33)25(31)16-8-10-21-15(13-16)5-4-12-35-21/h2-3,6-11,13-14,24,31H,4-5,12H2,1H3/b25-23+. The van der Waals surface area contributed by atoms with Crippen LogP contribution in [-0.4, -0.2) is 30.5 Å². The highest BCUT2D eigenvalue weighted by molar-refractivity contribution is 6.51. The first-order valence-electron chi connectivity index (χ1n) is 11.1. The van der Waals surface area contributed by atoms with Gasteiger partial charge in [-0.2, -0.15) is 0 Å². The highest BCUT2D eigenvalue weighted by atomic mass is 35.5. The molecule has 5 rings (SSSR count). The van der Waals surface area contributed by atoms with E-state index in [-0.39, 0.29) is 27.6 Å². The molecule has 8 heteroatoms. The second kappa shape index (κ2) is 9.07. The van der Waals surface area contributed by atoms with Gasteiger partial charge < -0.3 is 14.6 Å². The van der Waals surface area contributed by atoms with Gasteiger partial charge in [-0.15, -0.1) is 0 Å². The van der Waals surface area contributed by atoms with Crippen molar-refractivity contribution in [3.05, 3.63) is 93.8 Å². The summed E-state index contributed by atoms with van der Waals surface area (Å²) in [5.41, 5.74) is 1.37. The SMILES string of the molecule is COc1ccc(N2C(=O)C(=O)/C(=C(/O)c3ccc4c(c3)CCCO4)C2c2ccccc2F)cc1Cl. The number of fused-ring (bicyclic) bond motifs is 1. The smallest absolute Gasteiger partial charge is 0.300 e. The minimum absolute atomic E-state index is 0.0708. The van der Waals surface area contributed by atoms with Crippen LogP contribution >= 0.6 is 11.6 Å². The van der Waals surface area contributed by atoms with Crippen LogP contribution in [0.2, 0.25) is 5.02 Å². The predicted molar refractivity (Wildman–Crippen MR) is 129 cm³/mol. The molecule has 3 aromatic rings. The number of anilines is 1. The van der Waals surface area contributed by atoms with E-state index >= 15 is 4.39 Å². The summed E-state index contributed by atoms with van der Waals surface area (Å²) in [7, 11) is 1.45. The average Bonchev–Trinajstić information content (AvgIpc) is 3.13. The summed E-state index contributed by atoms with van der Waals surface area (Å²) in [4.78, 5) is 27.7. The summed E-state index contributed by atoms with van der Waals surface area (Å²) in [6.45, 7) is 0.612. The summed E-state index contributed by atoms with van der Waals surface area (Å²) >= 11 is 6.28. The fourth-order valence-corrected chi connectivity index (χ4v) is 4.81. The number of aryl methyl sites for hydroxylation is 1. The van der Waals surface area contributed by atoms with E-state index in [1.807, 2.05) is 0 Å². The largest absolute Gasteiger partial charge is 0.507 e. The summed E-state index contributed by atoms with van der Waals surface area (Å²) in [6.07, 6.45) is 1.58. The summed E-state index contributed by atoms with van der Waals surface area (Å²) in [5.74, 6) is -1.72. The molecule has 1 fully saturated rings. The Hall–Kier alpha value is -3.84. The van der Waals surface area contributed by atoms with E-state index in [0.717, 1.165) is 23.3 Å². The number of methoxy groups -OCH3 is 1. The van der Waals surface area contributed by atoms with E-state index in [2.05, 4.69) is 0 Å². The maximum Gasteiger partial charge on any atom is 0.300 e. The van der Waals surface area contributed by atoms with Gasteiger partial charge in [0.15, 0.2) is 0 Å². The van der Waals surface area contributed by atoms with Crippen LogP contribution in [0.25, 0.3) is 5.76 Å². The fourth-order valence-electron chi connectivity index (χ4n) is 4.56. The third-order valence-electron chi connectivity index (χ3n) is 6.24. The van der Waals surface area contributed by atoms with Gasteiger partial charge in [-0.1, -0.05) is 29.8 Å². The predicted octanol–water partition coefficient (Wildman–Crippen LogP) is 5.44. The van der Waals surface area contributed by atoms with Gasteiger partial charge in [-0.25, -0.2) is 4.39 Å². The first-order chi connectivity index (χ1) is 16.9. The molecule has 0 aromatic heterocycles. The molecule has 178 valence electrons. The molecule has 1 atom stereocenters. The Morgan fingerprint density at radius 3 is 2.69 bits per heavy atom. The molecule has 6 nitrogen and oxygen atoms in total. The molecule has 1 unspecified atom stereocenters. The number of aliphatic hydroxyl groups excluding tert-OH is 1. The summed E-state index contributed by atoms with van der Waals surface area (Å²) in [6, 6.07) is 14.3. The van der Waals surface area contributed by atoms with E-state index < -0.39 is 23.5 Å². The topological polar surface area (TPSA) is 76.1 Å². The quantitative estimate of drug-likeness (QED) is 0.297. The van der Waals surface area contributed by atoms with E-state index in [9.17, 15) is 14.7 Å². The van der Waals surface area contributed by atoms with Gasteiger partial charge in [0.25, 0.3) is 11.7 Å². The van der Waals surface area contributed by atoms with Crippen molar-refractivity contribution in [2.24, 2.45) is 0 Å². The van der Waals surface area contributed by atoms with Crippen LogP contribution in [0.15, 0.2) is 66.2 Å². The number of ketones is 1. The molecule has 3 aromatic carbocycles. The number of hydrogen-bond acceptors (Lipinski definition) is 5. The van der Waals surface area contributed by atoms with E-state index in [1.54, 1.807) is 36.4 Å². The number of nitrogens with zero attached hydrogens (tertiary/aromatic N) is 1. The molecular weight excluding hydrogens is 473 g/mol. The van der Waals surface area contributed by atoms with Crippen LogP contribution in [0.3, 0.4) is 0 Å². The molecule has 0 saturated carbocycles. The molecule has 1 saturated heterocycles. The fraction of sp³-hybridized carbons (Fsp3) is 0.185. The number of aliphatic hydroxyl groups is 1. The molecule has 1 N–H and O–H groups in total. The Labute approximate surface area is 206 Å². The van der Waals surface area contributed by atoms with Gasteiger partial charge >= 0.3 is 0 Å². The van der Waals surface area contributed by atoms with Crippen LogP contribution in [0.1, 0.15) is 29.2 Å². The average molecular weight is 494 g/mol. The van der Waals surface area contributed by atoms with E-state index in [4.69, 9.17) is 21.1 Å². The lowest BCUT2D eigenvalue weighted by molar-refractivity contribution is -0.132. The number of halogens is 2. The van der Waals surface area contributed by atoms with Crippen molar-refractivity contribution in [2.45, 2.75) is 18.9 Å². The van der Waals surface area contributed by atoms with Gasteiger partial charge in [-0.3, -0.25) is 14.5 Å². The Kier molecular flexibility index (Phi) is 5.94. The molecule has 0 spiro atoms. The number of hydrogen-bond donors (Lipinski definition) is 1.